The largest absolute Gasteiger partial charge is 0.293 e. The van der Waals surface area contributed by atoms with Gasteiger partial charge in [-0.1, -0.05) is 17.7 Å². The van der Waals surface area contributed by atoms with Gasteiger partial charge in [0.05, 0.1) is 20.1 Å². The quantitative estimate of drug-likeness (QED) is 0.567. The molecule has 0 spiro atoms. The summed E-state index contributed by atoms with van der Waals surface area (Å²) in [6.45, 7) is 4.94. The molecule has 0 aromatic heterocycles. The second-order valence-electron chi connectivity index (χ2n) is 5.48. The zero-order valence-corrected chi connectivity index (χ0v) is 9.84. The Bertz CT molecular complexity index is 375. The number of hydrogen-bond donors (Lipinski definition) is 0. The summed E-state index contributed by atoms with van der Waals surface area (Å²) in [6, 6.07) is 4.83. The van der Waals surface area contributed by atoms with Crippen molar-refractivity contribution < 1.29 is 0 Å². The van der Waals surface area contributed by atoms with E-state index in [2.05, 4.69) is 26.1 Å². The van der Waals surface area contributed by atoms with Crippen LogP contribution in [0.25, 0.3) is 0 Å². The third kappa shape index (κ3) is 1.33. The minimum absolute atomic E-state index is 1.21. The van der Waals surface area contributed by atoms with Crippen molar-refractivity contribution in [1.29, 1.82) is 0 Å². The van der Waals surface area contributed by atoms with Crippen molar-refractivity contribution in [2.45, 2.75) is 32.6 Å². The molecule has 80 valence electrons. The van der Waals surface area contributed by atoms with Crippen LogP contribution >= 0.6 is 0 Å². The highest BCUT2D eigenvalue weighted by Gasteiger charge is 2.36. The molecule has 0 amide bonds. The molecule has 0 atom stereocenters. The molecular formula is C14H20N+. The van der Waals surface area contributed by atoms with Crippen LogP contribution in [0.4, 0.5) is 5.69 Å². The van der Waals surface area contributed by atoms with Crippen molar-refractivity contribution in [2.75, 3.05) is 20.1 Å². The van der Waals surface area contributed by atoms with E-state index in [0.29, 0.717) is 0 Å². The number of benzene rings is 1. The van der Waals surface area contributed by atoms with Crippen molar-refractivity contribution in [2.24, 2.45) is 0 Å². The molecule has 0 aliphatic carbocycles. The van der Waals surface area contributed by atoms with Crippen LogP contribution in [-0.2, 0) is 12.8 Å². The van der Waals surface area contributed by atoms with Crippen LogP contribution in [0, 0.1) is 6.92 Å². The molecule has 0 saturated heterocycles. The highest BCUT2D eigenvalue weighted by molar-refractivity contribution is 5.60. The fourth-order valence-electron chi connectivity index (χ4n) is 3.58. The van der Waals surface area contributed by atoms with Crippen LogP contribution in [0.1, 0.15) is 29.5 Å². The summed E-state index contributed by atoms with van der Waals surface area (Å²) in [4.78, 5) is 0. The lowest BCUT2D eigenvalue weighted by molar-refractivity contribution is 0.288. The Hall–Kier alpha value is -0.820. The first kappa shape index (κ1) is 9.41. The van der Waals surface area contributed by atoms with Crippen molar-refractivity contribution in [3.63, 3.8) is 0 Å². The average molecular weight is 202 g/mol. The van der Waals surface area contributed by atoms with Crippen LogP contribution in [-0.4, -0.2) is 20.1 Å². The maximum absolute atomic E-state index is 2.43. The second kappa shape index (κ2) is 3.08. The van der Waals surface area contributed by atoms with Crippen molar-refractivity contribution >= 4 is 5.69 Å². The number of hydrogen-bond acceptors (Lipinski definition) is 0. The van der Waals surface area contributed by atoms with Crippen molar-refractivity contribution in [3.05, 3.63) is 28.8 Å². The number of nitrogens with zero attached hydrogens (tertiary/aromatic N) is 1. The number of rotatable bonds is 0. The van der Waals surface area contributed by atoms with Crippen LogP contribution in [0.2, 0.25) is 0 Å². The van der Waals surface area contributed by atoms with E-state index in [0.717, 1.165) is 0 Å². The number of aryl methyl sites for hydroxylation is 3. The van der Waals surface area contributed by atoms with Gasteiger partial charge in [0.2, 0.25) is 0 Å². The first-order chi connectivity index (χ1) is 7.19. The zero-order chi connectivity index (χ0) is 10.5. The van der Waals surface area contributed by atoms with Crippen LogP contribution in [0.3, 0.4) is 0 Å². The molecule has 2 aliphatic heterocycles. The first-order valence-electron chi connectivity index (χ1n) is 6.17. The fraction of sp³-hybridized carbons (Fsp3) is 0.571. The van der Waals surface area contributed by atoms with Gasteiger partial charge < -0.3 is 0 Å². The minimum Gasteiger partial charge on any atom is -0.293 e. The Kier molecular flexibility index (Phi) is 1.93. The van der Waals surface area contributed by atoms with E-state index in [1.54, 1.807) is 16.8 Å². The van der Waals surface area contributed by atoms with E-state index >= 15 is 0 Å². The Balaban J connectivity index is 2.26. The highest BCUT2D eigenvalue weighted by atomic mass is 15.3. The van der Waals surface area contributed by atoms with Gasteiger partial charge in [0.15, 0.2) is 0 Å². The summed E-state index contributed by atoms with van der Waals surface area (Å²) in [7, 11) is 2.43. The molecule has 2 aliphatic rings. The molecule has 0 bridgehead atoms. The molecule has 1 nitrogen and oxygen atoms in total. The van der Waals surface area contributed by atoms with Gasteiger partial charge in [0, 0.05) is 24.0 Å². The van der Waals surface area contributed by atoms with Gasteiger partial charge >= 0.3 is 0 Å². The molecule has 2 heterocycles. The molecule has 0 N–H and O–H groups in total. The van der Waals surface area contributed by atoms with E-state index in [1.807, 2.05) is 0 Å². The van der Waals surface area contributed by atoms with Crippen LogP contribution in [0.5, 0.6) is 0 Å². The molecule has 0 saturated carbocycles. The highest BCUT2D eigenvalue weighted by Crippen LogP contribution is 2.39. The molecule has 1 aromatic rings. The summed E-state index contributed by atoms with van der Waals surface area (Å²) in [5.41, 5.74) is 6.41. The van der Waals surface area contributed by atoms with E-state index in [-0.39, 0.29) is 0 Å². The minimum atomic E-state index is 1.21. The van der Waals surface area contributed by atoms with Crippen LogP contribution in [0.15, 0.2) is 12.1 Å². The fourth-order valence-corrected chi connectivity index (χ4v) is 3.58. The molecule has 3 rings (SSSR count). The van der Waals surface area contributed by atoms with E-state index in [1.165, 1.54) is 48.8 Å². The van der Waals surface area contributed by atoms with Crippen molar-refractivity contribution in [1.82, 2.24) is 4.48 Å². The lowest BCUT2D eigenvalue weighted by Gasteiger charge is -2.43. The maximum atomic E-state index is 2.43. The summed E-state index contributed by atoms with van der Waals surface area (Å²) in [6.07, 6.45) is 5.34. The standard InChI is InChI=1S/C14H20N/c1-11-9-12-5-3-7-15(2)8-4-6-13(10-11)14(12)15/h9-10H,3-8H2,1-2H3/q+1. The predicted octanol–water partition coefficient (Wildman–Crippen LogP) is 2.82. The molecule has 0 fully saturated rings. The van der Waals surface area contributed by atoms with Crippen LogP contribution < -0.4 is 4.48 Å². The van der Waals surface area contributed by atoms with Gasteiger partial charge in [-0.15, -0.1) is 0 Å². The predicted molar refractivity (Wildman–Crippen MR) is 65.3 cm³/mol. The van der Waals surface area contributed by atoms with E-state index < -0.39 is 0 Å². The topological polar surface area (TPSA) is 0 Å². The van der Waals surface area contributed by atoms with Gasteiger partial charge in [-0.05, 0) is 19.8 Å². The van der Waals surface area contributed by atoms with Crippen molar-refractivity contribution in [3.8, 4) is 0 Å². The summed E-state index contributed by atoms with van der Waals surface area (Å²) in [5, 5.41) is 0. The Labute approximate surface area is 92.3 Å². The van der Waals surface area contributed by atoms with Gasteiger partial charge in [-0.25, -0.2) is 0 Å². The van der Waals surface area contributed by atoms with Gasteiger partial charge in [-0.2, -0.15) is 0 Å². The summed E-state index contributed by atoms with van der Waals surface area (Å²) < 4.78 is 1.21. The number of quaternary nitrogens is 1. The van der Waals surface area contributed by atoms with E-state index in [9.17, 15) is 0 Å². The second-order valence-corrected chi connectivity index (χ2v) is 5.48. The molecule has 0 unspecified atom stereocenters. The average Bonchev–Trinajstić information content (AvgIpc) is 2.16. The lowest BCUT2D eigenvalue weighted by Crippen LogP contribution is -2.51. The monoisotopic (exact) mass is 202 g/mol. The molecule has 1 heteroatoms. The Morgan fingerprint density at radius 3 is 2.07 bits per heavy atom. The third-order valence-corrected chi connectivity index (χ3v) is 4.15. The third-order valence-electron chi connectivity index (χ3n) is 4.15. The summed E-state index contributed by atoms with van der Waals surface area (Å²) >= 11 is 0. The zero-order valence-electron chi connectivity index (χ0n) is 9.84. The first-order valence-corrected chi connectivity index (χ1v) is 6.17. The molecule has 15 heavy (non-hydrogen) atoms. The normalized spacial score (nSPS) is 22.3. The summed E-state index contributed by atoms with van der Waals surface area (Å²) in [5.74, 6) is 0. The van der Waals surface area contributed by atoms with E-state index in [4.69, 9.17) is 0 Å². The Morgan fingerprint density at radius 1 is 1.00 bits per heavy atom. The van der Waals surface area contributed by atoms with Gasteiger partial charge in [0.1, 0.15) is 5.69 Å². The smallest absolute Gasteiger partial charge is 0.139 e. The van der Waals surface area contributed by atoms with Gasteiger partial charge in [0.25, 0.3) is 0 Å². The molecular weight excluding hydrogens is 182 g/mol. The maximum Gasteiger partial charge on any atom is 0.139 e. The Morgan fingerprint density at radius 2 is 1.53 bits per heavy atom. The van der Waals surface area contributed by atoms with Gasteiger partial charge in [-0.3, -0.25) is 4.48 Å². The molecule has 0 radical (unpaired) electrons. The molecule has 1 aromatic carbocycles. The lowest BCUT2D eigenvalue weighted by atomic mass is 9.88. The SMILES string of the molecule is Cc1cc2c3c(c1)CCC[N+]3(C)CCC2.